The van der Waals surface area contributed by atoms with Gasteiger partial charge in [-0.15, -0.1) is 0 Å². The van der Waals surface area contributed by atoms with Gasteiger partial charge >= 0.3 is 12.1 Å². The number of ether oxygens (including phenoxy) is 2. The molecule has 190 valence electrons. The number of fused-ring (bicyclic) bond motifs is 1. The van der Waals surface area contributed by atoms with Crippen LogP contribution >= 0.6 is 23.2 Å². The summed E-state index contributed by atoms with van der Waals surface area (Å²) in [6.07, 6.45) is -2.51. The summed E-state index contributed by atoms with van der Waals surface area (Å²) in [6.45, 7) is 3.49. The van der Waals surface area contributed by atoms with Gasteiger partial charge < -0.3 is 13.9 Å². The Morgan fingerprint density at radius 2 is 1.62 bits per heavy atom. The molecule has 0 aliphatic rings. The van der Waals surface area contributed by atoms with Gasteiger partial charge in [0.15, 0.2) is 0 Å². The first-order valence-electron chi connectivity index (χ1n) is 10.7. The van der Waals surface area contributed by atoms with Gasteiger partial charge in [0.25, 0.3) is 5.76 Å². The highest BCUT2D eigenvalue weighted by Gasteiger charge is 2.40. The standard InChI is InChI=1S/C27H17Cl2F3O5/c1-14-9-15(2)11-18(10-14)36-25-24(34)19-6-5-17(13-22(19)37-26(25)27(30,31)32)35-23(33)8-4-16-3-7-20(28)21(29)12-16/h3-13H,1-2H3/b8-4+. The van der Waals surface area contributed by atoms with Crippen molar-refractivity contribution in [2.24, 2.45) is 0 Å². The number of carbonyl (C=O) groups is 1. The summed E-state index contributed by atoms with van der Waals surface area (Å²) < 4.78 is 57.1. The van der Waals surface area contributed by atoms with Gasteiger partial charge in [0, 0.05) is 12.1 Å². The summed E-state index contributed by atoms with van der Waals surface area (Å²) in [7, 11) is 0. The Hall–Kier alpha value is -3.75. The van der Waals surface area contributed by atoms with Gasteiger partial charge in [-0.3, -0.25) is 4.79 Å². The highest BCUT2D eigenvalue weighted by Crippen LogP contribution is 2.39. The lowest BCUT2D eigenvalue weighted by atomic mass is 10.1. The molecule has 0 amide bonds. The fourth-order valence-electron chi connectivity index (χ4n) is 3.54. The van der Waals surface area contributed by atoms with Crippen molar-refractivity contribution < 1.29 is 31.9 Å². The van der Waals surface area contributed by atoms with Crippen LogP contribution in [-0.4, -0.2) is 5.97 Å². The van der Waals surface area contributed by atoms with E-state index in [1.807, 2.05) is 6.07 Å². The summed E-state index contributed by atoms with van der Waals surface area (Å²) >= 11 is 11.8. The fraction of sp³-hybridized carbons (Fsp3) is 0.111. The number of alkyl halides is 3. The third-order valence-corrected chi connectivity index (χ3v) is 5.81. The Labute approximate surface area is 218 Å². The van der Waals surface area contributed by atoms with Crippen LogP contribution in [0.15, 0.2) is 69.9 Å². The monoisotopic (exact) mass is 548 g/mol. The van der Waals surface area contributed by atoms with E-state index in [1.54, 1.807) is 26.0 Å². The molecule has 0 spiro atoms. The maximum absolute atomic E-state index is 13.8. The largest absolute Gasteiger partial charge is 0.453 e. The van der Waals surface area contributed by atoms with Gasteiger partial charge in [-0.2, -0.15) is 13.2 Å². The van der Waals surface area contributed by atoms with Crippen molar-refractivity contribution in [1.82, 2.24) is 0 Å². The second-order valence-corrected chi connectivity index (χ2v) is 8.91. The molecule has 0 fully saturated rings. The van der Waals surface area contributed by atoms with E-state index >= 15 is 0 Å². The van der Waals surface area contributed by atoms with Gasteiger partial charge in [-0.1, -0.05) is 35.3 Å². The molecule has 0 aliphatic carbocycles. The van der Waals surface area contributed by atoms with Gasteiger partial charge in [-0.25, -0.2) is 4.79 Å². The summed E-state index contributed by atoms with van der Waals surface area (Å²) in [5.41, 5.74) is 0.609. The molecule has 10 heteroatoms. The molecule has 3 aromatic carbocycles. The normalized spacial score (nSPS) is 11.8. The van der Waals surface area contributed by atoms with E-state index in [9.17, 15) is 22.8 Å². The summed E-state index contributed by atoms with van der Waals surface area (Å²) in [4.78, 5) is 25.2. The van der Waals surface area contributed by atoms with Crippen molar-refractivity contribution in [3.8, 4) is 17.2 Å². The van der Waals surface area contributed by atoms with E-state index in [-0.39, 0.29) is 16.9 Å². The van der Waals surface area contributed by atoms with Crippen LogP contribution in [0.5, 0.6) is 17.2 Å². The number of esters is 1. The molecule has 1 aromatic heterocycles. The highest BCUT2D eigenvalue weighted by atomic mass is 35.5. The molecule has 4 rings (SSSR count). The minimum absolute atomic E-state index is 0.0639. The molecule has 37 heavy (non-hydrogen) atoms. The number of rotatable bonds is 5. The topological polar surface area (TPSA) is 65.7 Å². The second-order valence-electron chi connectivity index (χ2n) is 8.10. The second kappa shape index (κ2) is 10.3. The minimum atomic E-state index is -5.03. The Morgan fingerprint density at radius 3 is 2.27 bits per heavy atom. The average Bonchev–Trinajstić information content (AvgIpc) is 2.80. The van der Waals surface area contributed by atoms with E-state index in [0.29, 0.717) is 15.6 Å². The Kier molecular flexibility index (Phi) is 7.34. The van der Waals surface area contributed by atoms with E-state index in [2.05, 4.69) is 0 Å². The van der Waals surface area contributed by atoms with Crippen LogP contribution in [0.1, 0.15) is 22.5 Å². The average molecular weight is 549 g/mol. The first kappa shape index (κ1) is 26.3. The lowest BCUT2D eigenvalue weighted by molar-refractivity contribution is -0.154. The smallest absolute Gasteiger partial charge is 0.449 e. The fourth-order valence-corrected chi connectivity index (χ4v) is 3.85. The maximum atomic E-state index is 13.8. The van der Waals surface area contributed by atoms with Crippen LogP contribution in [0.2, 0.25) is 10.0 Å². The van der Waals surface area contributed by atoms with Gasteiger partial charge in [0.1, 0.15) is 17.1 Å². The molecule has 1 heterocycles. The van der Waals surface area contributed by atoms with Crippen molar-refractivity contribution >= 4 is 46.2 Å². The number of benzene rings is 3. The number of hydrogen-bond acceptors (Lipinski definition) is 5. The van der Waals surface area contributed by atoms with Crippen LogP contribution < -0.4 is 14.9 Å². The summed E-state index contributed by atoms with van der Waals surface area (Å²) in [5, 5.41) is 0.460. The van der Waals surface area contributed by atoms with Gasteiger partial charge in [0.2, 0.25) is 11.2 Å². The number of halogens is 5. The Bertz CT molecular complexity index is 1590. The number of carbonyl (C=O) groups excluding carboxylic acids is 1. The molecule has 0 radical (unpaired) electrons. The van der Waals surface area contributed by atoms with E-state index in [0.717, 1.165) is 23.3 Å². The van der Waals surface area contributed by atoms with Crippen LogP contribution in [0.25, 0.3) is 17.0 Å². The molecule has 0 N–H and O–H groups in total. The zero-order chi connectivity index (χ0) is 26.9. The predicted octanol–water partition coefficient (Wildman–Crippen LogP) is 8.15. The van der Waals surface area contributed by atoms with Gasteiger partial charge in [-0.05, 0) is 73.0 Å². The van der Waals surface area contributed by atoms with Crippen LogP contribution in [0, 0.1) is 13.8 Å². The van der Waals surface area contributed by atoms with Gasteiger partial charge in [0.05, 0.1) is 15.4 Å². The quantitative estimate of drug-likeness (QED) is 0.143. The summed E-state index contributed by atoms with van der Waals surface area (Å²) in [6, 6.07) is 13.0. The SMILES string of the molecule is Cc1cc(C)cc(Oc2c(C(F)(F)F)oc3cc(OC(=O)/C=C/c4ccc(Cl)c(Cl)c4)ccc3c2=O)c1. The molecule has 0 bridgehead atoms. The zero-order valence-electron chi connectivity index (χ0n) is 19.3. The molecular weight excluding hydrogens is 532 g/mol. The molecule has 0 saturated carbocycles. The molecule has 0 atom stereocenters. The lowest BCUT2D eigenvalue weighted by Crippen LogP contribution is -2.15. The molecular formula is C27H17Cl2F3O5. The van der Waals surface area contributed by atoms with Crippen LogP contribution in [0.3, 0.4) is 0 Å². The first-order valence-corrected chi connectivity index (χ1v) is 11.5. The number of hydrogen-bond donors (Lipinski definition) is 0. The molecule has 0 saturated heterocycles. The minimum Gasteiger partial charge on any atom is -0.449 e. The molecule has 5 nitrogen and oxygen atoms in total. The highest BCUT2D eigenvalue weighted by molar-refractivity contribution is 6.42. The summed E-state index contributed by atoms with van der Waals surface area (Å²) in [5.74, 6) is -3.48. The van der Waals surface area contributed by atoms with Crippen molar-refractivity contribution in [2.45, 2.75) is 20.0 Å². The van der Waals surface area contributed by atoms with Crippen molar-refractivity contribution in [3.63, 3.8) is 0 Å². The third kappa shape index (κ3) is 6.15. The first-order chi connectivity index (χ1) is 17.4. The van der Waals surface area contributed by atoms with Crippen molar-refractivity contribution in [1.29, 1.82) is 0 Å². The van der Waals surface area contributed by atoms with E-state index < -0.39 is 34.7 Å². The molecule has 0 unspecified atom stereocenters. The lowest BCUT2D eigenvalue weighted by Gasteiger charge is -2.14. The van der Waals surface area contributed by atoms with Crippen LogP contribution in [-0.2, 0) is 11.0 Å². The van der Waals surface area contributed by atoms with Crippen molar-refractivity contribution in [2.75, 3.05) is 0 Å². The predicted molar refractivity (Wildman–Crippen MR) is 135 cm³/mol. The van der Waals surface area contributed by atoms with Crippen LogP contribution in [0.4, 0.5) is 13.2 Å². The van der Waals surface area contributed by atoms with Crippen molar-refractivity contribution in [3.05, 3.63) is 103 Å². The maximum Gasteiger partial charge on any atom is 0.453 e. The Morgan fingerprint density at radius 1 is 0.919 bits per heavy atom. The Balaban J connectivity index is 1.66. The molecule has 0 aliphatic heterocycles. The third-order valence-electron chi connectivity index (χ3n) is 5.07. The molecule has 4 aromatic rings. The number of aryl methyl sites for hydroxylation is 2. The zero-order valence-corrected chi connectivity index (χ0v) is 20.8. The van der Waals surface area contributed by atoms with E-state index in [4.69, 9.17) is 37.1 Å². The van der Waals surface area contributed by atoms with E-state index in [1.165, 1.54) is 36.4 Å².